The Kier molecular flexibility index (Phi) is 6.97. The lowest BCUT2D eigenvalue weighted by Crippen LogP contribution is -2.09. The number of hydrogen-bond acceptors (Lipinski definition) is 4. The third-order valence-corrected chi connectivity index (χ3v) is 2.41. The molecule has 0 heterocycles. The molecule has 0 aromatic heterocycles. The zero-order valence-electron chi connectivity index (χ0n) is 8.41. The molecule has 9 heteroatoms. The van der Waals surface area contributed by atoms with Gasteiger partial charge in [-0.3, -0.25) is 5.26 Å². The Morgan fingerprint density at radius 1 is 1.64 bits per heavy atom. The monoisotopic (exact) mass is 209 g/mol. The molecule has 0 spiro atoms. The zero-order chi connectivity index (χ0) is 11.7. The van der Waals surface area contributed by atoms with E-state index in [0.29, 0.717) is 0 Å². The lowest BCUT2D eigenvalue weighted by molar-refractivity contribution is -0.268. The largest absolute Gasteiger partial charge is 0.342 e. The fourth-order valence-corrected chi connectivity index (χ4v) is 1.00. The molecule has 14 heavy (non-hydrogen) atoms. The predicted molar refractivity (Wildman–Crippen MR) is 60.8 cm³/mol. The van der Waals surface area contributed by atoms with Crippen molar-refractivity contribution in [3.05, 3.63) is 23.7 Å². The Hall–Kier alpha value is -0.150. The molecule has 69 valence electrons. The minimum absolute atomic E-state index is 0.0132. The van der Waals surface area contributed by atoms with Crippen molar-refractivity contribution in [2.24, 2.45) is 0 Å². The van der Waals surface area contributed by atoms with E-state index in [1.54, 1.807) is 5.82 Å². The lowest BCUT2D eigenvalue weighted by atomic mass is 9.37. The van der Waals surface area contributed by atoms with E-state index in [4.69, 9.17) is 27.3 Å². The Bertz CT molecular complexity index is 227. The molecule has 2 N–H and O–H groups in total. The van der Waals surface area contributed by atoms with Gasteiger partial charge in [0.2, 0.25) is 0 Å². The third-order valence-electron chi connectivity index (χ3n) is 1.21. The minimum atomic E-state index is -1.03. The number of hydrogen-bond donors (Lipinski definition) is 2. The second-order valence-corrected chi connectivity index (χ2v) is 4.07. The highest BCUT2D eigenvalue weighted by molar-refractivity contribution is 8.18. The van der Waals surface area contributed by atoms with Crippen molar-refractivity contribution in [2.75, 3.05) is 6.61 Å². The zero-order valence-corrected chi connectivity index (χ0v) is 8.30. The molecule has 0 saturated heterocycles. The summed E-state index contributed by atoms with van der Waals surface area (Å²) in [5, 5.41) is 16.4. The molecule has 0 aromatic carbocycles. The summed E-state index contributed by atoms with van der Waals surface area (Å²) in [6.07, 6.45) is 2.26. The average molecular weight is 208 g/mol. The number of allylic oxidation sites excluding steroid dienone is 2. The summed E-state index contributed by atoms with van der Waals surface area (Å²) in [6, 6.07) is 0. The first kappa shape index (κ1) is 11.9. The molecule has 0 fully saturated rings. The van der Waals surface area contributed by atoms with Gasteiger partial charge in [0.15, 0.2) is 5.76 Å². The van der Waals surface area contributed by atoms with Gasteiger partial charge in [-0.2, -0.15) is 7.68 Å². The highest BCUT2D eigenvalue weighted by Gasteiger charge is 2.02. The fourth-order valence-electron chi connectivity index (χ4n) is 0.518. The van der Waals surface area contributed by atoms with Gasteiger partial charge in [0.05, 0.1) is 6.21 Å². The first-order valence-electron chi connectivity index (χ1n) is 4.19. The minimum Gasteiger partial charge on any atom is -0.342 e. The number of rotatable bonds is 7. The van der Waals surface area contributed by atoms with Crippen LogP contribution in [0.15, 0.2) is 23.7 Å². The molecule has 0 rings (SSSR count). The summed E-state index contributed by atoms with van der Waals surface area (Å²) in [7, 11) is 10.9. The van der Waals surface area contributed by atoms with Crippen LogP contribution in [0, 0.1) is 0 Å². The van der Waals surface area contributed by atoms with Crippen molar-refractivity contribution in [2.45, 2.75) is 0 Å². The van der Waals surface area contributed by atoms with Gasteiger partial charge in [0.1, 0.15) is 14.1 Å². The highest BCUT2D eigenvalue weighted by Crippen LogP contribution is 2.30. The van der Waals surface area contributed by atoms with Crippen LogP contribution < -0.4 is 0 Å². The van der Waals surface area contributed by atoms with Crippen LogP contribution in [0.5, 0.6) is 0 Å². The van der Waals surface area contributed by atoms with Gasteiger partial charge in [-0.1, -0.05) is 11.9 Å². The van der Waals surface area contributed by atoms with E-state index in [1.807, 2.05) is 0 Å². The molecule has 0 bridgehead atoms. The topological polar surface area (TPSA) is 58.9 Å². The normalized spacial score (nSPS) is 15.0. The molecular weight excluding hydrogens is 198 g/mol. The maximum atomic E-state index is 8.31. The van der Waals surface area contributed by atoms with Gasteiger partial charge < -0.3 is 4.89 Å². The molecule has 1 unspecified atom stereocenters. The van der Waals surface area contributed by atoms with Crippen LogP contribution >= 0.6 is 7.68 Å². The molecule has 0 amide bonds. The van der Waals surface area contributed by atoms with Gasteiger partial charge in [-0.15, -0.1) is 0 Å². The Morgan fingerprint density at radius 2 is 2.36 bits per heavy atom. The van der Waals surface area contributed by atoms with Crippen molar-refractivity contribution in [3.63, 3.8) is 0 Å². The first-order chi connectivity index (χ1) is 7.15. The van der Waals surface area contributed by atoms with E-state index in [9.17, 15) is 0 Å². The van der Waals surface area contributed by atoms with Crippen LogP contribution in [0.4, 0.5) is 0 Å². The van der Waals surface area contributed by atoms with Crippen molar-refractivity contribution in [3.8, 4) is 0 Å². The smallest absolute Gasteiger partial charge is 0.171 e. The van der Waals surface area contributed by atoms with Crippen LogP contribution in [0.2, 0.25) is 0 Å². The van der Waals surface area contributed by atoms with Crippen molar-refractivity contribution < 1.29 is 20.3 Å². The molecule has 0 aromatic rings. The standard InChI is InChI=1S/C5H8B4O4P/c6-9(7)14(8)3-1-2-5(13-11)4-12-10/h1-3,8,10-11H,4H2/i8T. The molecule has 0 aliphatic carbocycles. The Balaban J connectivity index is 4.24. The van der Waals surface area contributed by atoms with E-state index in [-0.39, 0.29) is 12.4 Å². The SMILES string of the molecule is [3H][B]P(C=CC=C(COO)OO)B([B])[B]. The predicted octanol–water partition coefficient (Wildman–Crippen LogP) is -0.0172. The lowest BCUT2D eigenvalue weighted by Gasteiger charge is -2.08. The maximum Gasteiger partial charge on any atom is 0.171 e. The molecule has 0 saturated carbocycles. The quantitative estimate of drug-likeness (QED) is 0.154. The van der Waals surface area contributed by atoms with E-state index < -0.39 is 13.9 Å². The second kappa shape index (κ2) is 8.18. The van der Waals surface area contributed by atoms with Crippen molar-refractivity contribution in [1.29, 1.82) is 1.34 Å². The van der Waals surface area contributed by atoms with E-state index >= 15 is 0 Å². The summed E-state index contributed by atoms with van der Waals surface area (Å²) < 4.78 is 7.03. The van der Waals surface area contributed by atoms with Gasteiger partial charge >= 0.3 is 0 Å². The highest BCUT2D eigenvalue weighted by atomic mass is 31.1. The molecule has 4 nitrogen and oxygen atoms in total. The summed E-state index contributed by atoms with van der Waals surface area (Å²) >= 11 is 0. The fraction of sp³-hybridized carbons (Fsp3) is 0.200. The first-order valence-corrected chi connectivity index (χ1v) is 5.16. The van der Waals surface area contributed by atoms with E-state index in [1.165, 1.54) is 12.2 Å². The molecule has 0 aliphatic heterocycles. The average Bonchev–Trinajstić information content (AvgIpc) is 2.22. The molecule has 5 radical (unpaired) electrons. The summed E-state index contributed by atoms with van der Waals surface area (Å²) in [6.45, 7) is -0.280. The van der Waals surface area contributed by atoms with E-state index in [0.717, 1.165) is 7.53 Å². The van der Waals surface area contributed by atoms with Crippen molar-refractivity contribution in [1.82, 2.24) is 0 Å². The van der Waals surface area contributed by atoms with Gasteiger partial charge in [0.25, 0.3) is 0 Å². The van der Waals surface area contributed by atoms with Gasteiger partial charge in [-0.25, -0.2) is 10.1 Å². The summed E-state index contributed by atoms with van der Waals surface area (Å²) in [5.74, 6) is 1.63. The van der Waals surface area contributed by atoms with Gasteiger partial charge in [0, 0.05) is 15.5 Å². The van der Waals surface area contributed by atoms with Crippen LogP contribution in [0.1, 0.15) is 0 Å². The maximum absolute atomic E-state index is 8.31. The molecule has 0 aliphatic rings. The Labute approximate surface area is 89.5 Å². The molecular formula is C5H8B4O4P. The van der Waals surface area contributed by atoms with Crippen LogP contribution in [0.25, 0.3) is 0 Å². The Morgan fingerprint density at radius 3 is 2.79 bits per heavy atom. The van der Waals surface area contributed by atoms with Crippen LogP contribution in [-0.4, -0.2) is 47.7 Å². The van der Waals surface area contributed by atoms with Gasteiger partial charge in [-0.05, 0) is 7.41 Å². The third kappa shape index (κ3) is 6.33. The van der Waals surface area contributed by atoms with Crippen molar-refractivity contribution >= 4 is 36.9 Å². The van der Waals surface area contributed by atoms with Crippen LogP contribution in [-0.2, 0) is 9.78 Å². The molecule has 1 atom stereocenters. The second-order valence-electron chi connectivity index (χ2n) is 2.28. The summed E-state index contributed by atoms with van der Waals surface area (Å²) in [4.78, 5) is 7.63. The van der Waals surface area contributed by atoms with E-state index in [2.05, 4.69) is 9.78 Å². The summed E-state index contributed by atoms with van der Waals surface area (Å²) in [5.41, 5.74) is 0. The van der Waals surface area contributed by atoms with Crippen LogP contribution in [0.3, 0.4) is 0 Å².